The zero-order chi connectivity index (χ0) is 21.5. The number of nitrogens with one attached hydrogen (secondary N) is 1. The maximum atomic E-state index is 6.54. The van der Waals surface area contributed by atoms with E-state index in [2.05, 4.69) is 59.9 Å². The van der Waals surface area contributed by atoms with Gasteiger partial charge in [0, 0.05) is 36.9 Å². The molecule has 32 heavy (non-hydrogen) atoms. The Kier molecular flexibility index (Phi) is 4.75. The first-order chi connectivity index (χ1) is 15.8. The highest BCUT2D eigenvalue weighted by molar-refractivity contribution is 7.25. The van der Waals surface area contributed by atoms with Gasteiger partial charge in [0.15, 0.2) is 6.17 Å². The summed E-state index contributed by atoms with van der Waals surface area (Å²) in [6.45, 7) is 0. The van der Waals surface area contributed by atoms with Crippen molar-refractivity contribution in [3.8, 4) is 0 Å². The van der Waals surface area contributed by atoms with Crippen molar-refractivity contribution in [2.75, 3.05) is 0 Å². The van der Waals surface area contributed by atoms with Crippen LogP contribution in [0.25, 0.3) is 20.2 Å². The van der Waals surface area contributed by atoms with Crippen LogP contribution < -0.4 is 5.32 Å². The largest absolute Gasteiger partial charge is 0.324 e. The van der Waals surface area contributed by atoms with Crippen molar-refractivity contribution in [2.45, 2.75) is 6.17 Å². The maximum Gasteiger partial charge on any atom is 0.170 e. The van der Waals surface area contributed by atoms with Crippen LogP contribution in [-0.2, 0) is 0 Å². The Bertz CT molecular complexity index is 1520. The number of amidine groups is 2. The standard InChI is InChI=1S/C27H18ClN3S/c28-21-14-6-4-11-18(21)26-29-25(17-9-2-1-3-10-17)30-27(31-26)20-13-8-16-23-24(20)19-12-5-7-15-22(19)32-23/h1-16,27H,(H,29,30,31). The van der Waals surface area contributed by atoms with Crippen LogP contribution in [0, 0.1) is 0 Å². The highest BCUT2D eigenvalue weighted by Gasteiger charge is 2.24. The molecular weight excluding hydrogens is 434 g/mol. The summed E-state index contributed by atoms with van der Waals surface area (Å²) in [4.78, 5) is 10.1. The van der Waals surface area contributed by atoms with E-state index in [0.717, 1.165) is 28.4 Å². The smallest absolute Gasteiger partial charge is 0.170 e. The van der Waals surface area contributed by atoms with Gasteiger partial charge in [0.25, 0.3) is 0 Å². The molecule has 0 radical (unpaired) electrons. The third-order valence-electron chi connectivity index (χ3n) is 5.63. The molecule has 1 aliphatic heterocycles. The second-order valence-electron chi connectivity index (χ2n) is 7.62. The van der Waals surface area contributed by atoms with Crippen molar-refractivity contribution in [1.82, 2.24) is 5.32 Å². The van der Waals surface area contributed by atoms with Gasteiger partial charge in [-0.15, -0.1) is 11.3 Å². The summed E-state index contributed by atoms with van der Waals surface area (Å²) in [7, 11) is 0. The first-order valence-electron chi connectivity index (χ1n) is 10.4. The molecule has 4 aromatic carbocycles. The van der Waals surface area contributed by atoms with Crippen LogP contribution in [0.5, 0.6) is 0 Å². The second kappa shape index (κ2) is 7.90. The quantitative estimate of drug-likeness (QED) is 0.309. The lowest BCUT2D eigenvalue weighted by Gasteiger charge is -2.23. The van der Waals surface area contributed by atoms with Gasteiger partial charge in [-0.05, 0) is 24.3 Å². The number of fused-ring (bicyclic) bond motifs is 3. The summed E-state index contributed by atoms with van der Waals surface area (Å²) in [6, 6.07) is 32.8. The van der Waals surface area contributed by atoms with Crippen molar-refractivity contribution in [3.63, 3.8) is 0 Å². The lowest BCUT2D eigenvalue weighted by Crippen LogP contribution is -2.36. The van der Waals surface area contributed by atoms with Crippen molar-refractivity contribution < 1.29 is 0 Å². The van der Waals surface area contributed by atoms with Crippen LogP contribution >= 0.6 is 22.9 Å². The second-order valence-corrected chi connectivity index (χ2v) is 9.11. The number of aliphatic imine (C=N–C) groups is 2. The predicted octanol–water partition coefficient (Wildman–Crippen LogP) is 7.20. The molecule has 3 nitrogen and oxygen atoms in total. The summed E-state index contributed by atoms with van der Waals surface area (Å²) in [5.74, 6) is 1.52. The predicted molar refractivity (Wildman–Crippen MR) is 136 cm³/mol. The van der Waals surface area contributed by atoms with Crippen molar-refractivity contribution in [2.24, 2.45) is 9.98 Å². The van der Waals surface area contributed by atoms with E-state index >= 15 is 0 Å². The molecule has 1 aliphatic rings. The molecule has 154 valence electrons. The molecule has 0 fully saturated rings. The molecule has 1 atom stereocenters. The average Bonchev–Trinajstić information content (AvgIpc) is 3.23. The van der Waals surface area contributed by atoms with Crippen LogP contribution in [0.3, 0.4) is 0 Å². The summed E-state index contributed by atoms with van der Waals surface area (Å²) < 4.78 is 2.51. The van der Waals surface area contributed by atoms with E-state index in [1.807, 2.05) is 42.5 Å². The summed E-state index contributed by atoms with van der Waals surface area (Å²) in [5.41, 5.74) is 2.98. The fourth-order valence-electron chi connectivity index (χ4n) is 4.14. The number of hydrogen-bond acceptors (Lipinski definition) is 4. The fourth-order valence-corrected chi connectivity index (χ4v) is 5.50. The lowest BCUT2D eigenvalue weighted by molar-refractivity contribution is 0.763. The number of benzene rings is 4. The molecule has 1 aromatic heterocycles. The van der Waals surface area contributed by atoms with E-state index in [0.29, 0.717) is 5.02 Å². The molecule has 0 saturated carbocycles. The summed E-state index contributed by atoms with van der Waals surface area (Å²) in [6.07, 6.45) is -0.376. The molecule has 0 bridgehead atoms. The summed E-state index contributed by atoms with van der Waals surface area (Å²) in [5, 5.41) is 6.55. The van der Waals surface area contributed by atoms with Crippen molar-refractivity contribution in [3.05, 3.63) is 119 Å². The minimum Gasteiger partial charge on any atom is -0.324 e. The van der Waals surface area contributed by atoms with Crippen LogP contribution in [-0.4, -0.2) is 11.7 Å². The van der Waals surface area contributed by atoms with Gasteiger partial charge in [0.05, 0.1) is 5.02 Å². The van der Waals surface area contributed by atoms with Gasteiger partial charge in [-0.3, -0.25) is 0 Å². The van der Waals surface area contributed by atoms with Crippen molar-refractivity contribution in [1.29, 1.82) is 0 Å². The minimum atomic E-state index is -0.376. The molecule has 1 N–H and O–H groups in total. The molecular formula is C27H18ClN3S. The monoisotopic (exact) mass is 451 g/mol. The minimum absolute atomic E-state index is 0.376. The third kappa shape index (κ3) is 3.29. The normalized spacial score (nSPS) is 16.0. The molecule has 1 unspecified atom stereocenters. The van der Waals surface area contributed by atoms with E-state index in [1.165, 1.54) is 20.2 Å². The van der Waals surface area contributed by atoms with E-state index in [4.69, 9.17) is 21.6 Å². The summed E-state index contributed by atoms with van der Waals surface area (Å²) >= 11 is 8.34. The zero-order valence-electron chi connectivity index (χ0n) is 17.0. The van der Waals surface area contributed by atoms with Gasteiger partial charge in [-0.1, -0.05) is 84.4 Å². The Morgan fingerprint density at radius 2 is 1.41 bits per heavy atom. The van der Waals surface area contributed by atoms with E-state index in [1.54, 1.807) is 11.3 Å². The molecule has 0 spiro atoms. The molecule has 0 aliphatic carbocycles. The number of rotatable bonds is 3. The van der Waals surface area contributed by atoms with Crippen LogP contribution in [0.1, 0.15) is 22.9 Å². The van der Waals surface area contributed by atoms with E-state index in [-0.39, 0.29) is 6.17 Å². The topological polar surface area (TPSA) is 36.8 Å². The average molecular weight is 452 g/mol. The highest BCUT2D eigenvalue weighted by atomic mass is 35.5. The lowest BCUT2D eigenvalue weighted by atomic mass is 10.0. The first-order valence-corrected chi connectivity index (χ1v) is 11.6. The Hall–Kier alpha value is -3.47. The van der Waals surface area contributed by atoms with Crippen LogP contribution in [0.15, 0.2) is 107 Å². The Labute approximate surface area is 194 Å². The van der Waals surface area contributed by atoms with Gasteiger partial charge in [0.1, 0.15) is 11.7 Å². The Morgan fingerprint density at radius 3 is 2.28 bits per heavy atom. The van der Waals surface area contributed by atoms with E-state index < -0.39 is 0 Å². The maximum absolute atomic E-state index is 6.54. The number of thiophene rings is 1. The molecule has 0 saturated heterocycles. The molecule has 5 heteroatoms. The molecule has 2 heterocycles. The van der Waals surface area contributed by atoms with Crippen molar-refractivity contribution >= 4 is 54.8 Å². The first kappa shape index (κ1) is 19.2. The van der Waals surface area contributed by atoms with Crippen LogP contribution in [0.4, 0.5) is 0 Å². The molecule has 6 rings (SSSR count). The van der Waals surface area contributed by atoms with Gasteiger partial charge in [-0.25, -0.2) is 9.98 Å². The van der Waals surface area contributed by atoms with Gasteiger partial charge in [0.2, 0.25) is 0 Å². The zero-order valence-corrected chi connectivity index (χ0v) is 18.6. The fraction of sp³-hybridized carbons (Fsp3) is 0.0370. The van der Waals surface area contributed by atoms with Crippen LogP contribution in [0.2, 0.25) is 5.02 Å². The molecule has 0 amide bonds. The Morgan fingerprint density at radius 1 is 0.688 bits per heavy atom. The van der Waals surface area contributed by atoms with Gasteiger partial charge >= 0.3 is 0 Å². The van der Waals surface area contributed by atoms with Gasteiger partial charge < -0.3 is 5.32 Å². The Balaban J connectivity index is 1.58. The number of nitrogens with zero attached hydrogens (tertiary/aromatic N) is 2. The highest BCUT2D eigenvalue weighted by Crippen LogP contribution is 2.39. The number of halogens is 1. The molecule has 5 aromatic rings. The third-order valence-corrected chi connectivity index (χ3v) is 7.09. The van der Waals surface area contributed by atoms with E-state index in [9.17, 15) is 0 Å². The van der Waals surface area contributed by atoms with Gasteiger partial charge in [-0.2, -0.15) is 0 Å². The SMILES string of the molecule is Clc1ccccc1C1=NC(c2cccc3sc4ccccc4c23)N=C(c2ccccc2)N1. The number of hydrogen-bond donors (Lipinski definition) is 1.